The third kappa shape index (κ3) is 26.4. The molecule has 22 nitrogen and oxygen atoms in total. The fourth-order valence-corrected chi connectivity index (χ4v) is 9.21. The van der Waals surface area contributed by atoms with Crippen LogP contribution in [0.25, 0.3) is 0 Å². The molecule has 2 aliphatic heterocycles. The second-order valence-electron chi connectivity index (χ2n) is 15.6. The summed E-state index contributed by atoms with van der Waals surface area (Å²) >= 11 is 0. The van der Waals surface area contributed by atoms with Crippen LogP contribution in [-0.2, 0) is 89.0 Å². The van der Waals surface area contributed by atoms with Crippen LogP contribution in [0.1, 0.15) is 50.9 Å². The first kappa shape index (κ1) is 59.7. The van der Waals surface area contributed by atoms with Crippen molar-refractivity contribution >= 4 is 45.3 Å². The van der Waals surface area contributed by atoms with Gasteiger partial charge in [0, 0.05) is 111 Å². The molecule has 2 atom stereocenters. The Balaban J connectivity index is 0.00000748. The number of carbonyl (C=O) groups excluding carboxylic acids is 4. The van der Waals surface area contributed by atoms with Gasteiger partial charge >= 0.3 is 11.9 Å². The molecule has 4 rings (SSSR count). The van der Waals surface area contributed by atoms with E-state index in [1.54, 1.807) is 26.2 Å². The molecule has 8 N–H and O–H groups in total. The fraction of sp³-hybridized carbons (Fsp3) is 0.800. The van der Waals surface area contributed by atoms with Gasteiger partial charge in [0.15, 0.2) is 0 Å². The number of aromatic nitrogens is 6. The summed E-state index contributed by atoms with van der Waals surface area (Å²) in [5.74, 6) is -1.70. The van der Waals surface area contributed by atoms with Gasteiger partial charge in [-0.25, -0.2) is 19.0 Å². The Morgan fingerprint density at radius 3 is 1.30 bits per heavy atom. The minimum atomic E-state index is -0.959. The minimum absolute atomic E-state index is 0. The van der Waals surface area contributed by atoms with Crippen molar-refractivity contribution in [3.05, 3.63) is 23.8 Å². The summed E-state index contributed by atoms with van der Waals surface area (Å²) in [5, 5.41) is 43.4. The fourth-order valence-electron chi connectivity index (χ4n) is 6.91. The first-order valence-corrected chi connectivity index (χ1v) is 25.4. The Labute approximate surface area is 419 Å². The van der Waals surface area contributed by atoms with Gasteiger partial charge in [-0.05, 0) is 91.9 Å². The van der Waals surface area contributed by atoms with Crippen LogP contribution in [-0.4, -0.2) is 205 Å². The molecule has 4 heterocycles. The second kappa shape index (κ2) is 37.5. The summed E-state index contributed by atoms with van der Waals surface area (Å²) in [6.07, 6.45) is 7.66. The number of ether oxygens (including phenoxy) is 2. The summed E-state index contributed by atoms with van der Waals surface area (Å²) in [4.78, 5) is 56.9. The quantitative estimate of drug-likeness (QED) is 0.0321. The number of nitrogens with zero attached hydrogens (tertiary/aromatic N) is 8. The first-order valence-electron chi connectivity index (χ1n) is 23.0. The van der Waals surface area contributed by atoms with Gasteiger partial charge in [0.1, 0.15) is 25.2 Å². The minimum Gasteiger partial charge on any atom is -0.464 e. The monoisotopic (exact) mass is 1060 g/mol. The van der Waals surface area contributed by atoms with Crippen molar-refractivity contribution in [1.82, 2.24) is 82.3 Å². The van der Waals surface area contributed by atoms with Crippen LogP contribution in [0.15, 0.2) is 12.4 Å². The second-order valence-corrected chi connectivity index (χ2v) is 18.1. The average Bonchev–Trinajstić information content (AvgIpc) is 3.92. The topological polar surface area (TPSA) is 251 Å². The van der Waals surface area contributed by atoms with Crippen molar-refractivity contribution in [3.8, 4) is 0 Å². The summed E-state index contributed by atoms with van der Waals surface area (Å²) in [6, 6.07) is -1.92. The summed E-state index contributed by atoms with van der Waals surface area (Å²) in [7, 11) is 2.54. The van der Waals surface area contributed by atoms with Crippen LogP contribution in [0.3, 0.4) is 0 Å². The smallest absolute Gasteiger partial charge is 0.329 e. The molecule has 384 valence electrons. The van der Waals surface area contributed by atoms with Crippen LogP contribution in [0.5, 0.6) is 0 Å². The average molecular weight is 1070 g/mol. The predicted octanol–water partition coefficient (Wildman–Crippen LogP) is -2.23. The molecular formula is C40H74Cu2N16O6S2. The maximum Gasteiger partial charge on any atom is 0.329 e. The van der Waals surface area contributed by atoms with E-state index in [9.17, 15) is 19.2 Å². The van der Waals surface area contributed by atoms with Gasteiger partial charge < -0.3 is 52.0 Å². The van der Waals surface area contributed by atoms with Crippen molar-refractivity contribution in [2.24, 2.45) is 0 Å². The van der Waals surface area contributed by atoms with E-state index in [-0.39, 0.29) is 71.9 Å². The molecule has 0 aliphatic carbocycles. The molecule has 2 fully saturated rings. The summed E-state index contributed by atoms with van der Waals surface area (Å²) in [5.41, 5.74) is 1.51. The molecule has 0 aromatic carbocycles. The largest absolute Gasteiger partial charge is 0.464 e. The Kier molecular flexibility index (Phi) is 33.9. The van der Waals surface area contributed by atoms with Crippen LogP contribution in [0.2, 0.25) is 0 Å². The van der Waals surface area contributed by atoms with Crippen molar-refractivity contribution in [2.45, 2.75) is 77.8 Å². The molecule has 2 aliphatic rings. The summed E-state index contributed by atoms with van der Waals surface area (Å²) < 4.78 is 13.5. The molecule has 26 heteroatoms. The molecule has 0 saturated carbocycles. The Morgan fingerprint density at radius 2 is 0.924 bits per heavy atom. The van der Waals surface area contributed by atoms with Gasteiger partial charge in [0.05, 0.1) is 37.0 Å². The Morgan fingerprint density at radius 1 is 0.561 bits per heavy atom. The molecule has 66 heavy (non-hydrogen) atoms. The molecule has 0 unspecified atom stereocenters. The van der Waals surface area contributed by atoms with Gasteiger partial charge in [-0.15, -0.1) is 10.2 Å². The number of hydrogen-bond acceptors (Lipinski definition) is 20. The van der Waals surface area contributed by atoms with E-state index in [2.05, 4.69) is 73.0 Å². The molecule has 2 saturated heterocycles. The van der Waals surface area contributed by atoms with E-state index in [1.165, 1.54) is 31.0 Å². The zero-order valence-electron chi connectivity index (χ0n) is 38.6. The van der Waals surface area contributed by atoms with Crippen molar-refractivity contribution in [3.63, 3.8) is 0 Å². The number of carbonyl (C=O) groups is 4. The van der Waals surface area contributed by atoms with Gasteiger partial charge in [0.2, 0.25) is 11.8 Å². The van der Waals surface area contributed by atoms with E-state index in [4.69, 9.17) is 9.47 Å². The molecule has 0 bridgehead atoms. The Bertz CT molecular complexity index is 1480. The first-order chi connectivity index (χ1) is 31.3. The van der Waals surface area contributed by atoms with Gasteiger partial charge in [-0.3, -0.25) is 19.4 Å². The van der Waals surface area contributed by atoms with E-state index in [1.807, 2.05) is 0 Å². The normalized spacial score (nSPS) is 18.2. The van der Waals surface area contributed by atoms with Crippen LogP contribution >= 0.6 is 21.6 Å². The molecular weight excluding hydrogens is 992 g/mol. The summed E-state index contributed by atoms with van der Waals surface area (Å²) in [6.45, 7) is 19.5. The van der Waals surface area contributed by atoms with Crippen LogP contribution in [0, 0.1) is 0 Å². The van der Waals surface area contributed by atoms with Gasteiger partial charge in [-0.1, -0.05) is 32.0 Å². The third-order valence-corrected chi connectivity index (χ3v) is 12.6. The maximum absolute atomic E-state index is 13.2. The van der Waals surface area contributed by atoms with Gasteiger partial charge in [0.25, 0.3) is 0 Å². The number of esters is 2. The van der Waals surface area contributed by atoms with Crippen molar-refractivity contribution in [1.29, 1.82) is 0 Å². The van der Waals surface area contributed by atoms with Crippen molar-refractivity contribution < 1.29 is 62.8 Å². The number of hydrogen-bond donors (Lipinski definition) is 8. The molecule has 2 radical (unpaired) electrons. The van der Waals surface area contributed by atoms with E-state index >= 15 is 0 Å². The maximum atomic E-state index is 13.2. The zero-order valence-corrected chi connectivity index (χ0v) is 42.1. The molecule has 2 amide bonds. The van der Waals surface area contributed by atoms with Gasteiger partial charge in [-0.2, -0.15) is 0 Å². The zero-order chi connectivity index (χ0) is 45.5. The third-order valence-electron chi connectivity index (χ3n) is 10.2. The molecule has 2 aromatic rings. The standard InChI is InChI=1S/C40H74N16O6S2.2Cu/c1-3-61-39(59)35(47-37(57)29-55-27-33(49-51-55)25-53-21-7-13-43-17-15-41-9-5-11-45-19-23-53)31-63-64-32-36(40(60)62-4-2)48-38(58)30-56-28-34(50-52-56)26-54-22-8-14-44-18-16-42-10-6-12-46-20-24-54;;/h27-28,35-36,41-46H,3-26,29-32H2,1-2H3,(H,47,57)(H,48,58);;/t35-,36+;;. The number of amides is 2. The van der Waals surface area contributed by atoms with Crippen LogP contribution < -0.4 is 42.5 Å². The van der Waals surface area contributed by atoms with E-state index in [0.717, 1.165) is 142 Å². The molecule has 0 spiro atoms. The van der Waals surface area contributed by atoms with E-state index in [0.29, 0.717) is 13.1 Å². The van der Waals surface area contributed by atoms with Crippen molar-refractivity contribution in [2.75, 3.05) is 129 Å². The predicted molar refractivity (Wildman–Crippen MR) is 248 cm³/mol. The number of nitrogens with one attached hydrogen (secondary N) is 8. The molecule has 2 aromatic heterocycles. The Hall–Kier alpha value is -2.42. The van der Waals surface area contributed by atoms with E-state index < -0.39 is 35.8 Å². The number of rotatable bonds is 19. The van der Waals surface area contributed by atoms with Crippen LogP contribution in [0.4, 0.5) is 0 Å². The SMILES string of the molecule is CCOC(=O)[C@H](CSSC[C@@H](NC(=O)Cn1cc(CN2CCCNCCNCCCNCC2)nn1)C(=O)OCC)NC(=O)Cn1cc(CN2CCCNCCNCCCNCC2)nn1.[Cu].[Cu].